The van der Waals surface area contributed by atoms with Gasteiger partial charge in [-0.05, 0) is 26.9 Å². The number of nitrogens with two attached hydrogens (primary N) is 1. The second-order valence-corrected chi connectivity index (χ2v) is 6.17. The van der Waals surface area contributed by atoms with Crippen molar-refractivity contribution >= 4 is 0 Å². The van der Waals surface area contributed by atoms with Crippen molar-refractivity contribution in [2.45, 2.75) is 18.4 Å². The predicted molar refractivity (Wildman–Crippen MR) is 78.4 cm³/mol. The highest BCUT2D eigenvalue weighted by atomic mass is 16.5. The van der Waals surface area contributed by atoms with Crippen LogP contribution in [0.3, 0.4) is 0 Å². The van der Waals surface area contributed by atoms with E-state index in [9.17, 15) is 0 Å². The van der Waals surface area contributed by atoms with Gasteiger partial charge in [0.25, 0.3) is 0 Å². The van der Waals surface area contributed by atoms with E-state index >= 15 is 0 Å². The fourth-order valence-electron chi connectivity index (χ4n) is 3.19. The van der Waals surface area contributed by atoms with Crippen molar-refractivity contribution in [1.29, 1.82) is 0 Å². The molecule has 2 rings (SSSR count). The van der Waals surface area contributed by atoms with E-state index in [1.807, 2.05) is 0 Å². The number of nitrogens with zero attached hydrogens (tertiary/aromatic N) is 3. The van der Waals surface area contributed by atoms with Gasteiger partial charge in [0.1, 0.15) is 0 Å². The van der Waals surface area contributed by atoms with Crippen molar-refractivity contribution in [2.24, 2.45) is 5.73 Å². The lowest BCUT2D eigenvalue weighted by Crippen LogP contribution is -2.62. The van der Waals surface area contributed by atoms with Gasteiger partial charge in [-0.25, -0.2) is 0 Å². The summed E-state index contributed by atoms with van der Waals surface area (Å²) < 4.78 is 5.51. The molecule has 5 nitrogen and oxygen atoms in total. The molecular weight excluding hydrogens is 240 g/mol. The molecule has 0 aromatic heterocycles. The molecule has 2 aliphatic rings. The number of piperazine rings is 1. The van der Waals surface area contributed by atoms with Crippen LogP contribution in [0.15, 0.2) is 0 Å². The maximum Gasteiger partial charge on any atom is 0.0484 e. The average molecular weight is 270 g/mol. The largest absolute Gasteiger partial charge is 0.381 e. The Bertz CT molecular complexity index is 258. The fourth-order valence-corrected chi connectivity index (χ4v) is 3.19. The lowest BCUT2D eigenvalue weighted by molar-refractivity contribution is -0.0428. The van der Waals surface area contributed by atoms with E-state index in [1.54, 1.807) is 0 Å². The maximum absolute atomic E-state index is 6.08. The molecule has 2 N–H and O–H groups in total. The zero-order valence-electron chi connectivity index (χ0n) is 12.6. The standard InChI is InChI=1S/C14H30N4O/c1-16(2)5-6-17-7-9-18(10-8-17)14(13-15)3-11-19-12-4-14/h3-13,15H2,1-2H3. The third kappa shape index (κ3) is 3.89. The monoisotopic (exact) mass is 270 g/mol. The second-order valence-electron chi connectivity index (χ2n) is 6.17. The predicted octanol–water partition coefficient (Wildman–Crippen LogP) is -0.326. The van der Waals surface area contributed by atoms with E-state index in [0.29, 0.717) is 0 Å². The molecule has 5 heteroatoms. The molecular formula is C14H30N4O. The summed E-state index contributed by atoms with van der Waals surface area (Å²) in [4.78, 5) is 7.45. The van der Waals surface area contributed by atoms with Crippen molar-refractivity contribution in [3.05, 3.63) is 0 Å². The molecule has 0 aromatic rings. The molecule has 2 fully saturated rings. The van der Waals surface area contributed by atoms with Crippen LogP contribution in [0.2, 0.25) is 0 Å². The number of rotatable bonds is 5. The fraction of sp³-hybridized carbons (Fsp3) is 1.00. The molecule has 0 radical (unpaired) electrons. The zero-order valence-corrected chi connectivity index (χ0v) is 12.6. The highest BCUT2D eigenvalue weighted by Crippen LogP contribution is 2.27. The summed E-state index contributed by atoms with van der Waals surface area (Å²) in [5, 5.41) is 0. The van der Waals surface area contributed by atoms with Crippen LogP contribution < -0.4 is 5.73 Å². The Morgan fingerprint density at radius 1 is 1.11 bits per heavy atom. The minimum absolute atomic E-state index is 0.214. The first-order valence-corrected chi connectivity index (χ1v) is 7.56. The van der Waals surface area contributed by atoms with Crippen molar-refractivity contribution in [3.8, 4) is 0 Å². The van der Waals surface area contributed by atoms with E-state index in [1.165, 1.54) is 19.6 Å². The first-order chi connectivity index (χ1) is 9.16. The smallest absolute Gasteiger partial charge is 0.0484 e. The molecule has 2 saturated heterocycles. The Morgan fingerprint density at radius 2 is 1.74 bits per heavy atom. The van der Waals surface area contributed by atoms with Gasteiger partial charge in [0, 0.05) is 64.6 Å². The summed E-state index contributed by atoms with van der Waals surface area (Å²) in [7, 11) is 4.28. The van der Waals surface area contributed by atoms with Crippen LogP contribution in [0, 0.1) is 0 Å². The van der Waals surface area contributed by atoms with Gasteiger partial charge in [-0.1, -0.05) is 0 Å². The number of hydrogen-bond donors (Lipinski definition) is 1. The van der Waals surface area contributed by atoms with Crippen LogP contribution in [-0.2, 0) is 4.74 Å². The molecule has 0 aromatic carbocycles. The molecule has 0 bridgehead atoms. The number of ether oxygens (including phenoxy) is 1. The molecule has 0 atom stereocenters. The third-order valence-electron chi connectivity index (χ3n) is 4.71. The highest BCUT2D eigenvalue weighted by Gasteiger charge is 2.38. The van der Waals surface area contributed by atoms with Crippen molar-refractivity contribution in [3.63, 3.8) is 0 Å². The van der Waals surface area contributed by atoms with Crippen LogP contribution in [0.5, 0.6) is 0 Å². The van der Waals surface area contributed by atoms with Crippen LogP contribution in [0.25, 0.3) is 0 Å². The molecule has 0 saturated carbocycles. The van der Waals surface area contributed by atoms with Crippen molar-refractivity contribution < 1.29 is 4.74 Å². The van der Waals surface area contributed by atoms with Gasteiger partial charge >= 0.3 is 0 Å². The van der Waals surface area contributed by atoms with Crippen LogP contribution in [-0.4, -0.2) is 93.4 Å². The quantitative estimate of drug-likeness (QED) is 0.741. The SMILES string of the molecule is CN(C)CCN1CCN(C2(CN)CCOCC2)CC1. The minimum Gasteiger partial charge on any atom is -0.381 e. The van der Waals surface area contributed by atoms with Gasteiger partial charge in [-0.3, -0.25) is 9.80 Å². The lowest BCUT2D eigenvalue weighted by Gasteiger charge is -2.49. The Labute approximate surface area is 117 Å². The second kappa shape index (κ2) is 6.99. The average Bonchev–Trinajstić information content (AvgIpc) is 2.46. The van der Waals surface area contributed by atoms with Crippen LogP contribution in [0.4, 0.5) is 0 Å². The molecule has 0 unspecified atom stereocenters. The normalized spacial score (nSPS) is 25.9. The summed E-state index contributed by atoms with van der Waals surface area (Å²) in [6.45, 7) is 9.52. The first kappa shape index (κ1) is 15.2. The Balaban J connectivity index is 1.81. The zero-order chi connectivity index (χ0) is 13.7. The molecule has 2 aliphatic heterocycles. The van der Waals surface area contributed by atoms with Crippen LogP contribution in [0.1, 0.15) is 12.8 Å². The number of hydrogen-bond acceptors (Lipinski definition) is 5. The summed E-state index contributed by atoms with van der Waals surface area (Å²) in [5.41, 5.74) is 6.30. The van der Waals surface area contributed by atoms with E-state index in [0.717, 1.165) is 52.2 Å². The topological polar surface area (TPSA) is 45.0 Å². The van der Waals surface area contributed by atoms with Crippen molar-refractivity contribution in [1.82, 2.24) is 14.7 Å². The Kier molecular flexibility index (Phi) is 5.59. The van der Waals surface area contributed by atoms with Crippen molar-refractivity contribution in [2.75, 3.05) is 73.1 Å². The number of likely N-dealkylation sites (N-methyl/N-ethyl adjacent to an activating group) is 1. The summed E-state index contributed by atoms with van der Waals surface area (Å²) >= 11 is 0. The van der Waals surface area contributed by atoms with Gasteiger partial charge in [0.05, 0.1) is 0 Å². The van der Waals surface area contributed by atoms with E-state index in [-0.39, 0.29) is 5.54 Å². The summed E-state index contributed by atoms with van der Waals surface area (Å²) in [6.07, 6.45) is 2.20. The third-order valence-corrected chi connectivity index (χ3v) is 4.71. The van der Waals surface area contributed by atoms with E-state index in [4.69, 9.17) is 10.5 Å². The van der Waals surface area contributed by atoms with E-state index in [2.05, 4.69) is 28.8 Å². The molecule has 0 spiro atoms. The molecule has 112 valence electrons. The summed E-state index contributed by atoms with van der Waals surface area (Å²) in [5.74, 6) is 0. The van der Waals surface area contributed by atoms with Crippen LogP contribution >= 0.6 is 0 Å². The Hall–Kier alpha value is -0.200. The summed E-state index contributed by atoms with van der Waals surface area (Å²) in [6, 6.07) is 0. The molecule has 2 heterocycles. The lowest BCUT2D eigenvalue weighted by atomic mass is 9.87. The molecule has 0 amide bonds. The van der Waals surface area contributed by atoms with Gasteiger partial charge in [0.2, 0.25) is 0 Å². The Morgan fingerprint density at radius 3 is 2.26 bits per heavy atom. The first-order valence-electron chi connectivity index (χ1n) is 7.56. The molecule has 0 aliphatic carbocycles. The van der Waals surface area contributed by atoms with Gasteiger partial charge in [0.15, 0.2) is 0 Å². The highest BCUT2D eigenvalue weighted by molar-refractivity contribution is 4.95. The maximum atomic E-state index is 6.08. The van der Waals surface area contributed by atoms with E-state index < -0.39 is 0 Å². The molecule has 19 heavy (non-hydrogen) atoms. The minimum atomic E-state index is 0.214. The van der Waals surface area contributed by atoms with Gasteiger partial charge in [-0.2, -0.15) is 0 Å². The van der Waals surface area contributed by atoms with Gasteiger partial charge < -0.3 is 15.4 Å². The van der Waals surface area contributed by atoms with Gasteiger partial charge in [-0.15, -0.1) is 0 Å².